The van der Waals surface area contributed by atoms with Crippen molar-refractivity contribution >= 4 is 5.97 Å². The van der Waals surface area contributed by atoms with Crippen molar-refractivity contribution in [2.24, 2.45) is 0 Å². The number of rotatable bonds is 1. The van der Waals surface area contributed by atoms with Crippen LogP contribution in [-0.2, 0) is 26.2 Å². The summed E-state index contributed by atoms with van der Waals surface area (Å²) >= 11 is 0. The second-order valence-corrected chi connectivity index (χ2v) is 1.82. The molecular weight excluding hydrogens is 247 g/mol. The Morgan fingerprint density at radius 3 is 1.92 bits per heavy atom. The summed E-state index contributed by atoms with van der Waals surface area (Å²) in [6.45, 7) is 0. The molecule has 0 aliphatic carbocycles. The fraction of sp³-hybridized carbons (Fsp3) is 0. The second kappa shape index (κ2) is 7.99. The molecule has 0 radical (unpaired) electrons. The fourth-order valence-corrected chi connectivity index (χ4v) is 0.654. The maximum absolute atomic E-state index is 10.3. The molecule has 0 aliphatic rings. The van der Waals surface area contributed by atoms with E-state index in [1.807, 2.05) is 0 Å². The molecule has 0 saturated heterocycles. The van der Waals surface area contributed by atoms with Crippen LogP contribution in [0.5, 0.6) is 5.75 Å². The van der Waals surface area contributed by atoms with Crippen molar-refractivity contribution < 1.29 is 41.2 Å². The van der Waals surface area contributed by atoms with E-state index in [1.165, 1.54) is 12.1 Å². The minimum atomic E-state index is -1.11. The molecule has 0 aliphatic heterocycles. The van der Waals surface area contributed by atoms with Crippen LogP contribution in [0.4, 0.5) is 0 Å². The SMILES string of the molecule is O=C(O)c1ccccc1O.[CH3-].[CH3-].[Zr+2]. The van der Waals surface area contributed by atoms with E-state index in [4.69, 9.17) is 10.2 Å². The summed E-state index contributed by atoms with van der Waals surface area (Å²) in [6, 6.07) is 5.81. The number of carbonyl (C=O) groups is 1. The summed E-state index contributed by atoms with van der Waals surface area (Å²) in [5.41, 5.74) is -0.0671. The zero-order valence-corrected chi connectivity index (χ0v) is 10.1. The molecule has 0 spiro atoms. The van der Waals surface area contributed by atoms with Crippen LogP contribution in [0.2, 0.25) is 0 Å². The van der Waals surface area contributed by atoms with Gasteiger partial charge in [-0.15, -0.1) is 0 Å². The number of hydrogen-bond donors (Lipinski definition) is 2. The molecule has 3 nitrogen and oxygen atoms in total. The number of aromatic carboxylic acids is 1. The summed E-state index contributed by atoms with van der Waals surface area (Å²) in [6.07, 6.45) is 0. The maximum Gasteiger partial charge on any atom is 2.00 e. The molecule has 70 valence electrons. The predicted octanol–water partition coefficient (Wildman–Crippen LogP) is 1.99. The monoisotopic (exact) mass is 258 g/mol. The topological polar surface area (TPSA) is 57.5 Å². The molecule has 0 bridgehead atoms. The number of carboxylic acids is 1. The molecule has 4 heteroatoms. The number of aromatic hydroxyl groups is 1. The molecule has 2 N–H and O–H groups in total. The van der Waals surface area contributed by atoms with Gasteiger partial charge in [-0.3, -0.25) is 0 Å². The molecule has 0 heterocycles. The van der Waals surface area contributed by atoms with Crippen LogP contribution < -0.4 is 0 Å². The molecule has 0 unspecified atom stereocenters. The quantitative estimate of drug-likeness (QED) is 0.758. The molecule has 13 heavy (non-hydrogen) atoms. The Kier molecular flexibility index (Phi) is 11.2. The summed E-state index contributed by atoms with van der Waals surface area (Å²) in [5.74, 6) is -1.31. The predicted molar refractivity (Wildman–Crippen MR) is 47.9 cm³/mol. The van der Waals surface area contributed by atoms with Gasteiger partial charge < -0.3 is 25.1 Å². The van der Waals surface area contributed by atoms with E-state index < -0.39 is 5.97 Å². The summed E-state index contributed by atoms with van der Waals surface area (Å²) in [7, 11) is 0. The van der Waals surface area contributed by atoms with Crippen molar-refractivity contribution in [1.82, 2.24) is 0 Å². The minimum Gasteiger partial charge on any atom is -0.507 e. The van der Waals surface area contributed by atoms with E-state index >= 15 is 0 Å². The van der Waals surface area contributed by atoms with Crippen molar-refractivity contribution in [3.8, 4) is 5.75 Å². The Balaban J connectivity index is -0.000000333. The van der Waals surface area contributed by atoms with E-state index in [2.05, 4.69) is 0 Å². The maximum atomic E-state index is 10.3. The number of carboxylic acid groups (broad SMARTS) is 1. The van der Waals surface area contributed by atoms with Gasteiger partial charge in [-0.1, -0.05) is 12.1 Å². The fourth-order valence-electron chi connectivity index (χ4n) is 0.654. The van der Waals surface area contributed by atoms with Gasteiger partial charge in [0.25, 0.3) is 0 Å². The van der Waals surface area contributed by atoms with Gasteiger partial charge in [-0.25, -0.2) is 4.79 Å². The molecular formula is C9H12O3Zr. The summed E-state index contributed by atoms with van der Waals surface area (Å²) in [5, 5.41) is 17.3. The third-order valence-electron chi connectivity index (χ3n) is 1.13. The van der Waals surface area contributed by atoms with Gasteiger partial charge in [0, 0.05) is 0 Å². The van der Waals surface area contributed by atoms with Crippen LogP contribution in [0.3, 0.4) is 0 Å². The third kappa shape index (κ3) is 4.84. The van der Waals surface area contributed by atoms with Crippen LogP contribution >= 0.6 is 0 Å². The van der Waals surface area contributed by atoms with E-state index in [-0.39, 0.29) is 52.4 Å². The van der Waals surface area contributed by atoms with Crippen molar-refractivity contribution in [2.75, 3.05) is 0 Å². The van der Waals surface area contributed by atoms with Gasteiger partial charge in [0.1, 0.15) is 11.3 Å². The normalized spacial score (nSPS) is 7.08. The largest absolute Gasteiger partial charge is 2.00 e. The number of phenols is 1. The Hall–Kier alpha value is -0.627. The molecule has 0 fully saturated rings. The average molecular weight is 259 g/mol. The first-order valence-electron chi connectivity index (χ1n) is 2.73. The molecule has 0 aromatic heterocycles. The molecule has 0 atom stereocenters. The number of benzene rings is 1. The zero-order valence-electron chi connectivity index (χ0n) is 7.61. The van der Waals surface area contributed by atoms with Gasteiger partial charge in [-0.2, -0.15) is 0 Å². The summed E-state index contributed by atoms with van der Waals surface area (Å²) in [4.78, 5) is 10.3. The van der Waals surface area contributed by atoms with Crippen LogP contribution in [0.1, 0.15) is 10.4 Å². The van der Waals surface area contributed by atoms with Gasteiger partial charge >= 0.3 is 32.2 Å². The van der Waals surface area contributed by atoms with Gasteiger partial charge in [0.15, 0.2) is 0 Å². The zero-order chi connectivity index (χ0) is 7.56. The van der Waals surface area contributed by atoms with Crippen molar-refractivity contribution in [3.63, 3.8) is 0 Å². The minimum absolute atomic E-state index is 0. The smallest absolute Gasteiger partial charge is 0.507 e. The molecule has 1 aromatic carbocycles. The Morgan fingerprint density at radius 1 is 1.15 bits per heavy atom. The number of para-hydroxylation sites is 1. The van der Waals surface area contributed by atoms with Crippen molar-refractivity contribution in [3.05, 3.63) is 44.7 Å². The Bertz CT molecular complexity index is 261. The van der Waals surface area contributed by atoms with E-state index in [0.29, 0.717) is 0 Å². The second-order valence-electron chi connectivity index (χ2n) is 1.82. The van der Waals surface area contributed by atoms with Crippen LogP contribution in [0.25, 0.3) is 0 Å². The Morgan fingerprint density at radius 2 is 1.62 bits per heavy atom. The standard InChI is InChI=1S/C7H6O3.2CH3.Zr/c8-6-4-2-1-3-5(6)7(9)10;;;/h1-4,8H,(H,9,10);2*1H3;/q;2*-1;+2. The molecule has 1 rings (SSSR count). The summed E-state index contributed by atoms with van der Waals surface area (Å²) < 4.78 is 0. The first-order valence-corrected chi connectivity index (χ1v) is 2.73. The van der Waals surface area contributed by atoms with Gasteiger partial charge in [-0.05, 0) is 12.1 Å². The molecule has 0 saturated carbocycles. The van der Waals surface area contributed by atoms with E-state index in [9.17, 15) is 4.79 Å². The van der Waals surface area contributed by atoms with Gasteiger partial charge in [0.05, 0.1) is 0 Å². The first kappa shape index (κ1) is 18.2. The van der Waals surface area contributed by atoms with Crippen molar-refractivity contribution in [2.45, 2.75) is 0 Å². The molecule has 1 aromatic rings. The molecule has 0 amide bonds. The number of hydrogen-bond acceptors (Lipinski definition) is 2. The average Bonchev–Trinajstić information content (AvgIpc) is 1.88. The van der Waals surface area contributed by atoms with E-state index in [0.717, 1.165) is 0 Å². The van der Waals surface area contributed by atoms with E-state index in [1.54, 1.807) is 12.1 Å². The van der Waals surface area contributed by atoms with Gasteiger partial charge in [0.2, 0.25) is 0 Å². The first-order chi connectivity index (χ1) is 4.72. The van der Waals surface area contributed by atoms with Crippen molar-refractivity contribution in [1.29, 1.82) is 0 Å². The van der Waals surface area contributed by atoms with Crippen LogP contribution in [-0.4, -0.2) is 16.2 Å². The third-order valence-corrected chi connectivity index (χ3v) is 1.13. The van der Waals surface area contributed by atoms with Crippen LogP contribution in [0.15, 0.2) is 24.3 Å². The van der Waals surface area contributed by atoms with Crippen LogP contribution in [0, 0.1) is 14.9 Å². The Labute approximate surface area is 97.5 Å².